The van der Waals surface area contributed by atoms with E-state index in [-0.39, 0.29) is 23.6 Å². The van der Waals surface area contributed by atoms with Crippen LogP contribution in [0.3, 0.4) is 0 Å². The highest BCUT2D eigenvalue weighted by molar-refractivity contribution is 5.99. The van der Waals surface area contributed by atoms with Crippen LogP contribution >= 0.6 is 0 Å². The normalized spacial score (nSPS) is 11.4. The Morgan fingerprint density at radius 1 is 0.459 bits per heavy atom. The lowest BCUT2D eigenvalue weighted by Gasteiger charge is -2.28. The van der Waals surface area contributed by atoms with Crippen molar-refractivity contribution >= 4 is 23.5 Å². The minimum atomic E-state index is -0.533. The van der Waals surface area contributed by atoms with Gasteiger partial charge in [0.1, 0.15) is 23.0 Å². The average molecular weight is 817 g/mol. The largest absolute Gasteiger partial charge is 0.496 e. The molecule has 0 bridgehead atoms. The molecule has 0 amide bonds. The molecule has 6 aromatic rings. The maximum atomic E-state index is 13.2. The van der Waals surface area contributed by atoms with Crippen LogP contribution in [0.1, 0.15) is 121 Å². The number of methoxy groups -OCH3 is 1. The van der Waals surface area contributed by atoms with Crippen LogP contribution in [0.4, 0.5) is 0 Å². The number of Topliss-reactive ketones (excluding diaryl/α,β-unsaturated/α-hetero) is 2. The molecule has 6 aromatic carbocycles. The molecule has 8 heteroatoms. The van der Waals surface area contributed by atoms with Crippen molar-refractivity contribution in [2.45, 2.75) is 73.1 Å². The molecule has 312 valence electrons. The van der Waals surface area contributed by atoms with Crippen molar-refractivity contribution in [2.75, 3.05) is 13.7 Å². The van der Waals surface area contributed by atoms with Gasteiger partial charge in [-0.1, -0.05) is 100 Å². The van der Waals surface area contributed by atoms with Crippen molar-refractivity contribution in [1.29, 1.82) is 0 Å². The number of hydrogen-bond donors (Lipinski definition) is 0. The molecule has 0 N–H and O–H groups in total. The Labute approximate surface area is 358 Å². The first-order valence-electron chi connectivity index (χ1n) is 20.2. The second kappa shape index (κ2) is 17.8. The monoisotopic (exact) mass is 816 g/mol. The number of ether oxygens (including phenoxy) is 4. The van der Waals surface area contributed by atoms with Gasteiger partial charge in [-0.15, -0.1) is 0 Å². The summed E-state index contributed by atoms with van der Waals surface area (Å²) in [4.78, 5) is 51.0. The van der Waals surface area contributed by atoms with Crippen LogP contribution in [0.25, 0.3) is 0 Å². The number of rotatable bonds is 14. The molecule has 6 rings (SSSR count). The van der Waals surface area contributed by atoms with E-state index in [1.807, 2.05) is 82.3 Å². The zero-order valence-corrected chi connectivity index (χ0v) is 36.5. The third-order valence-corrected chi connectivity index (χ3v) is 11.5. The van der Waals surface area contributed by atoms with Crippen LogP contribution in [0, 0.1) is 27.7 Å². The van der Waals surface area contributed by atoms with Crippen molar-refractivity contribution in [1.82, 2.24) is 0 Å². The first kappa shape index (κ1) is 43.8. The Bertz CT molecular complexity index is 2650. The molecule has 0 aromatic heterocycles. The lowest BCUT2D eigenvalue weighted by molar-refractivity contribution is 0.0724. The standard InChI is InChI=1S/C53H52O8/c1-32-26-41(18-22-46(32)58-10)52(6,7)43-20-24-48(34(3)28-43)60-50(56)38-16-14-37(15-17-38)45(55)31-59-47-23-19-42(27-33(47)2)53(8,9)44-21-25-49(35(4)29-44)61-51(57)40-13-11-12-39(30-40)36(5)54/h11-30H,31H2,1-10H3. The molecule has 61 heavy (non-hydrogen) atoms. The molecule has 0 aliphatic rings. The topological polar surface area (TPSA) is 105 Å². The van der Waals surface area contributed by atoms with Crippen molar-refractivity contribution in [3.05, 3.63) is 188 Å². The van der Waals surface area contributed by atoms with E-state index in [0.29, 0.717) is 39.5 Å². The number of carbonyl (C=O) groups is 4. The van der Waals surface area contributed by atoms with Crippen molar-refractivity contribution in [2.24, 2.45) is 0 Å². The lowest BCUT2D eigenvalue weighted by atomic mass is 9.77. The third-order valence-electron chi connectivity index (χ3n) is 11.5. The SMILES string of the molecule is COc1ccc(C(C)(C)c2ccc(OC(=O)c3ccc(C(=O)COc4ccc(C(C)(C)c5ccc(OC(=O)c6cccc(C(C)=O)c6)c(C)c5)cc4C)cc3)c(C)c2)cc1C. The molecule has 0 saturated heterocycles. The van der Waals surface area contributed by atoms with Crippen LogP contribution in [0.2, 0.25) is 0 Å². The Morgan fingerprint density at radius 3 is 1.28 bits per heavy atom. The van der Waals surface area contributed by atoms with E-state index >= 15 is 0 Å². The molecule has 0 aliphatic heterocycles. The van der Waals surface area contributed by atoms with Gasteiger partial charge in [0.15, 0.2) is 18.2 Å². The maximum absolute atomic E-state index is 13.2. The lowest BCUT2D eigenvalue weighted by Crippen LogP contribution is -2.20. The van der Waals surface area contributed by atoms with Crippen LogP contribution in [-0.4, -0.2) is 37.2 Å². The van der Waals surface area contributed by atoms with Gasteiger partial charge in [0.25, 0.3) is 0 Å². The van der Waals surface area contributed by atoms with Crippen molar-refractivity contribution < 1.29 is 38.1 Å². The van der Waals surface area contributed by atoms with Gasteiger partial charge in [-0.25, -0.2) is 9.59 Å². The van der Waals surface area contributed by atoms with Gasteiger partial charge < -0.3 is 18.9 Å². The summed E-state index contributed by atoms with van der Waals surface area (Å²) in [5.41, 5.74) is 8.64. The van der Waals surface area contributed by atoms with E-state index in [1.54, 1.807) is 55.6 Å². The fourth-order valence-electron chi connectivity index (χ4n) is 7.31. The van der Waals surface area contributed by atoms with Crippen LogP contribution < -0.4 is 18.9 Å². The summed E-state index contributed by atoms with van der Waals surface area (Å²) < 4.78 is 22.9. The van der Waals surface area contributed by atoms with Crippen LogP contribution in [0.15, 0.2) is 121 Å². The summed E-state index contributed by atoms with van der Waals surface area (Å²) >= 11 is 0. The van der Waals surface area contributed by atoms with E-state index in [9.17, 15) is 19.2 Å². The quantitative estimate of drug-likeness (QED) is 0.0608. The van der Waals surface area contributed by atoms with Gasteiger partial charge in [0.2, 0.25) is 0 Å². The Balaban J connectivity index is 1.05. The zero-order valence-electron chi connectivity index (χ0n) is 36.5. The fourth-order valence-corrected chi connectivity index (χ4v) is 7.31. The van der Waals surface area contributed by atoms with Gasteiger partial charge >= 0.3 is 11.9 Å². The highest BCUT2D eigenvalue weighted by Gasteiger charge is 2.27. The summed E-state index contributed by atoms with van der Waals surface area (Å²) in [5.74, 6) is 0.936. The summed E-state index contributed by atoms with van der Waals surface area (Å²) in [6, 6.07) is 36.6. The molecule has 0 fully saturated rings. The average Bonchev–Trinajstić information content (AvgIpc) is 3.24. The molecule has 0 heterocycles. The van der Waals surface area contributed by atoms with Gasteiger partial charge in [0, 0.05) is 22.0 Å². The zero-order chi connectivity index (χ0) is 44.2. The predicted octanol–water partition coefficient (Wildman–Crippen LogP) is 11.5. The Hall–Kier alpha value is -6.80. The van der Waals surface area contributed by atoms with E-state index in [4.69, 9.17) is 18.9 Å². The molecule has 0 saturated carbocycles. The minimum absolute atomic E-state index is 0.125. The molecular formula is C53H52O8. The molecule has 0 spiro atoms. The van der Waals surface area contributed by atoms with Crippen molar-refractivity contribution in [3.63, 3.8) is 0 Å². The first-order valence-corrected chi connectivity index (χ1v) is 20.2. The third kappa shape index (κ3) is 9.65. The number of carbonyl (C=O) groups excluding carboxylic acids is 4. The van der Waals surface area contributed by atoms with Crippen LogP contribution in [0.5, 0.6) is 23.0 Å². The second-order valence-corrected chi connectivity index (χ2v) is 16.6. The molecular weight excluding hydrogens is 765 g/mol. The molecule has 0 aliphatic carbocycles. The second-order valence-electron chi connectivity index (χ2n) is 16.6. The number of aryl methyl sites for hydroxylation is 4. The van der Waals surface area contributed by atoms with Crippen molar-refractivity contribution in [3.8, 4) is 23.0 Å². The smallest absolute Gasteiger partial charge is 0.343 e. The highest BCUT2D eigenvalue weighted by Crippen LogP contribution is 2.38. The van der Waals surface area contributed by atoms with Gasteiger partial charge in [-0.3, -0.25) is 9.59 Å². The predicted molar refractivity (Wildman–Crippen MR) is 238 cm³/mol. The molecule has 8 nitrogen and oxygen atoms in total. The summed E-state index contributed by atoms with van der Waals surface area (Å²) in [6.07, 6.45) is 0. The van der Waals surface area contributed by atoms with Crippen LogP contribution in [-0.2, 0) is 10.8 Å². The number of esters is 2. The molecule has 0 unspecified atom stereocenters. The first-order chi connectivity index (χ1) is 28.9. The molecule has 0 radical (unpaired) electrons. The van der Waals surface area contributed by atoms with Gasteiger partial charge in [-0.05, 0) is 128 Å². The Kier molecular flexibility index (Phi) is 12.8. The van der Waals surface area contributed by atoms with E-state index < -0.39 is 17.4 Å². The fraction of sp³-hybridized carbons (Fsp3) is 0.245. The number of hydrogen-bond acceptors (Lipinski definition) is 8. The summed E-state index contributed by atoms with van der Waals surface area (Å²) in [7, 11) is 1.67. The maximum Gasteiger partial charge on any atom is 0.343 e. The van der Waals surface area contributed by atoms with E-state index in [2.05, 4.69) is 39.8 Å². The van der Waals surface area contributed by atoms with Gasteiger partial charge in [-0.2, -0.15) is 0 Å². The summed E-state index contributed by atoms with van der Waals surface area (Å²) in [5, 5.41) is 0. The van der Waals surface area contributed by atoms with E-state index in [1.165, 1.54) is 13.0 Å². The van der Waals surface area contributed by atoms with Gasteiger partial charge in [0.05, 0.1) is 18.2 Å². The Morgan fingerprint density at radius 2 is 0.852 bits per heavy atom. The number of benzene rings is 6. The molecule has 0 atom stereocenters. The minimum Gasteiger partial charge on any atom is -0.496 e. The number of ketones is 2. The summed E-state index contributed by atoms with van der Waals surface area (Å²) in [6.45, 7) is 17.6. The highest BCUT2D eigenvalue weighted by atomic mass is 16.5. The van der Waals surface area contributed by atoms with E-state index in [0.717, 1.165) is 50.3 Å².